The number of ether oxygens (including phenoxy) is 1. The van der Waals surface area contributed by atoms with Gasteiger partial charge in [-0.3, -0.25) is 14.5 Å². The molecule has 0 bridgehead atoms. The average Bonchev–Trinajstić information content (AvgIpc) is 3.35. The maximum absolute atomic E-state index is 13.5. The molecule has 0 unspecified atom stereocenters. The number of anilines is 3. The number of hydrogen-bond acceptors (Lipinski definition) is 7. The predicted octanol–water partition coefficient (Wildman–Crippen LogP) is 6.30. The number of aliphatic imine (C=N–C) groups is 1. The summed E-state index contributed by atoms with van der Waals surface area (Å²) in [6, 6.07) is 13.8. The predicted molar refractivity (Wildman–Crippen MR) is 159 cm³/mol. The Hall–Kier alpha value is -4.90. The highest BCUT2D eigenvalue weighted by Gasteiger charge is 2.34. The topological polar surface area (TPSA) is 126 Å². The first-order valence-electron chi connectivity index (χ1n) is 13.2. The van der Waals surface area contributed by atoms with Crippen molar-refractivity contribution in [3.05, 3.63) is 78.0 Å². The van der Waals surface area contributed by atoms with E-state index >= 15 is 0 Å². The summed E-state index contributed by atoms with van der Waals surface area (Å²) in [5.74, 6) is 0.286. The van der Waals surface area contributed by atoms with Gasteiger partial charge in [-0.2, -0.15) is 0 Å². The summed E-state index contributed by atoms with van der Waals surface area (Å²) in [6.07, 6.45) is 5.89. The van der Waals surface area contributed by atoms with Crippen molar-refractivity contribution in [1.82, 2.24) is 15.3 Å². The molecule has 1 aliphatic heterocycles. The van der Waals surface area contributed by atoms with E-state index in [1.54, 1.807) is 31.3 Å². The van der Waals surface area contributed by atoms with Gasteiger partial charge in [0.2, 0.25) is 5.88 Å². The Morgan fingerprint density at radius 1 is 1.17 bits per heavy atom. The third-order valence-corrected chi connectivity index (χ3v) is 8.10. The number of carbonyl (C=O) groups excluding carboxylic acids is 3. The Morgan fingerprint density at radius 2 is 2.00 bits per heavy atom. The molecular weight excluding hydrogens is 540 g/mol. The average molecular weight is 567 g/mol. The van der Waals surface area contributed by atoms with Crippen molar-refractivity contribution in [1.29, 1.82) is 0 Å². The number of para-hydroxylation sites is 1. The van der Waals surface area contributed by atoms with Gasteiger partial charge in [0.15, 0.2) is 0 Å². The van der Waals surface area contributed by atoms with Gasteiger partial charge in [-0.1, -0.05) is 31.2 Å². The third kappa shape index (κ3) is 5.07. The number of thiophene rings is 1. The van der Waals surface area contributed by atoms with E-state index in [4.69, 9.17) is 4.74 Å². The second-order valence-electron chi connectivity index (χ2n) is 9.67. The number of carbonyl (C=O) groups is 3. The van der Waals surface area contributed by atoms with E-state index in [-0.39, 0.29) is 11.9 Å². The van der Waals surface area contributed by atoms with Crippen LogP contribution in [0.3, 0.4) is 0 Å². The zero-order valence-electron chi connectivity index (χ0n) is 22.2. The molecule has 10 nitrogen and oxygen atoms in total. The Bertz CT molecular complexity index is 1730. The number of nitrogens with zero attached hydrogens (tertiary/aromatic N) is 4. The number of aromatic nitrogens is 2. The summed E-state index contributed by atoms with van der Waals surface area (Å²) in [7, 11) is 0. The Morgan fingerprint density at radius 3 is 2.78 bits per heavy atom. The molecule has 41 heavy (non-hydrogen) atoms. The molecule has 4 aromatic rings. The van der Waals surface area contributed by atoms with Crippen LogP contribution in [-0.4, -0.2) is 39.6 Å². The van der Waals surface area contributed by atoms with Gasteiger partial charge >= 0.3 is 6.03 Å². The minimum absolute atomic E-state index is 0.342. The van der Waals surface area contributed by atoms with Crippen molar-refractivity contribution < 1.29 is 19.1 Å². The van der Waals surface area contributed by atoms with Crippen LogP contribution in [0.5, 0.6) is 11.6 Å². The molecule has 3 aromatic heterocycles. The van der Waals surface area contributed by atoms with Crippen LogP contribution in [0, 0.1) is 6.92 Å². The normalized spacial score (nSPS) is 17.3. The highest BCUT2D eigenvalue weighted by molar-refractivity contribution is 7.21. The molecule has 0 radical (unpaired) electrons. The molecule has 6 rings (SSSR count). The number of benzene rings is 1. The number of nitrogens with one attached hydrogen (secondary N) is 2. The Balaban J connectivity index is 1.32. The SMILES string of the molecule is C=CC(=O)N=C1CCCC[C@H]1NC(=O)c1sc2nccc3c2c1NC(=O)N3c1ccc(Oc2ccccc2)nc1C. The summed E-state index contributed by atoms with van der Waals surface area (Å²) < 4.78 is 5.85. The van der Waals surface area contributed by atoms with E-state index in [1.807, 2.05) is 30.3 Å². The quantitative estimate of drug-likeness (QED) is 0.264. The summed E-state index contributed by atoms with van der Waals surface area (Å²) in [6.45, 7) is 5.29. The first kappa shape index (κ1) is 26.3. The number of rotatable bonds is 6. The number of hydrogen-bond donors (Lipinski definition) is 2. The van der Waals surface area contributed by atoms with Gasteiger partial charge in [-0.05, 0) is 56.5 Å². The van der Waals surface area contributed by atoms with Gasteiger partial charge in [0.25, 0.3) is 11.8 Å². The summed E-state index contributed by atoms with van der Waals surface area (Å²) in [5.41, 5.74) is 2.82. The van der Waals surface area contributed by atoms with Crippen LogP contribution < -0.4 is 20.3 Å². The van der Waals surface area contributed by atoms with Crippen LogP contribution in [0.25, 0.3) is 10.2 Å². The smallest absolute Gasteiger partial charge is 0.331 e. The van der Waals surface area contributed by atoms with E-state index in [9.17, 15) is 14.4 Å². The first-order valence-corrected chi connectivity index (χ1v) is 14.0. The largest absolute Gasteiger partial charge is 0.439 e. The maximum Gasteiger partial charge on any atom is 0.331 e. The molecule has 1 saturated carbocycles. The van der Waals surface area contributed by atoms with Crippen LogP contribution in [0.15, 0.2) is 72.4 Å². The molecule has 1 fully saturated rings. The van der Waals surface area contributed by atoms with Crippen molar-refractivity contribution >= 4 is 62.2 Å². The second-order valence-corrected chi connectivity index (χ2v) is 10.7. The van der Waals surface area contributed by atoms with E-state index in [0.717, 1.165) is 18.9 Å². The van der Waals surface area contributed by atoms with E-state index < -0.39 is 11.9 Å². The fourth-order valence-corrected chi connectivity index (χ4v) is 6.13. The molecule has 1 atom stereocenters. The highest BCUT2D eigenvalue weighted by Crippen LogP contribution is 2.46. The van der Waals surface area contributed by atoms with E-state index in [0.29, 0.717) is 68.0 Å². The fourth-order valence-electron chi connectivity index (χ4n) is 5.11. The van der Waals surface area contributed by atoms with Crippen molar-refractivity contribution in [2.24, 2.45) is 4.99 Å². The molecule has 0 saturated heterocycles. The van der Waals surface area contributed by atoms with Gasteiger partial charge < -0.3 is 15.4 Å². The molecule has 11 heteroatoms. The van der Waals surface area contributed by atoms with Crippen molar-refractivity contribution in [2.75, 3.05) is 10.2 Å². The molecular formula is C30H26N6O4S. The molecule has 1 aromatic carbocycles. The molecule has 1 aliphatic carbocycles. The van der Waals surface area contributed by atoms with Crippen molar-refractivity contribution in [2.45, 2.75) is 38.6 Å². The zero-order chi connectivity index (χ0) is 28.5. The van der Waals surface area contributed by atoms with Crippen LogP contribution >= 0.6 is 11.3 Å². The zero-order valence-corrected chi connectivity index (χ0v) is 23.0. The van der Waals surface area contributed by atoms with Crippen molar-refractivity contribution in [3.63, 3.8) is 0 Å². The number of urea groups is 1. The Labute approximate surface area is 239 Å². The minimum atomic E-state index is -0.427. The van der Waals surface area contributed by atoms with Crippen molar-refractivity contribution in [3.8, 4) is 11.6 Å². The first-order chi connectivity index (χ1) is 19.9. The molecule has 206 valence electrons. The summed E-state index contributed by atoms with van der Waals surface area (Å²) in [5, 5.41) is 6.61. The standard InChI is InChI=1S/C30H26N6O4S/c1-3-23(37)33-19-11-7-8-12-20(19)34-28(38)27-26-25-22(15-16-31-29(25)41-27)36(30(39)35-26)21-13-14-24(32-17(21)2)40-18-9-5-4-6-10-18/h3-6,9-10,13-16,20H,1,7-8,11-12H2,2H3,(H,34,38)(H,35,39)/t20-/m1/s1. The summed E-state index contributed by atoms with van der Waals surface area (Å²) >= 11 is 1.20. The lowest BCUT2D eigenvalue weighted by molar-refractivity contribution is -0.113. The molecule has 4 heterocycles. The van der Waals surface area contributed by atoms with Gasteiger partial charge in [-0.25, -0.2) is 19.8 Å². The number of pyridine rings is 2. The lowest BCUT2D eigenvalue weighted by Gasteiger charge is -2.29. The van der Waals surface area contributed by atoms with E-state index in [2.05, 4.69) is 32.2 Å². The monoisotopic (exact) mass is 566 g/mol. The maximum atomic E-state index is 13.5. The number of aryl methyl sites for hydroxylation is 1. The summed E-state index contributed by atoms with van der Waals surface area (Å²) in [4.78, 5) is 54.6. The molecule has 0 spiro atoms. The second kappa shape index (κ2) is 10.9. The van der Waals surface area contributed by atoms with Gasteiger partial charge in [0.1, 0.15) is 15.5 Å². The third-order valence-electron chi connectivity index (χ3n) is 7.00. The minimum Gasteiger partial charge on any atom is -0.439 e. The fraction of sp³-hybridized carbons (Fsp3) is 0.200. The lowest BCUT2D eigenvalue weighted by atomic mass is 9.93. The van der Waals surface area contributed by atoms with Gasteiger partial charge in [-0.15, -0.1) is 11.3 Å². The Kier molecular flexibility index (Phi) is 7.02. The van der Waals surface area contributed by atoms with Crippen LogP contribution in [0.4, 0.5) is 21.9 Å². The highest BCUT2D eigenvalue weighted by atomic mass is 32.1. The lowest BCUT2D eigenvalue weighted by Crippen LogP contribution is -2.43. The van der Waals surface area contributed by atoms with Gasteiger partial charge in [0, 0.05) is 18.0 Å². The molecule has 2 N–H and O–H groups in total. The molecule has 4 amide bonds. The molecule has 2 aliphatic rings. The number of amides is 4. The van der Waals surface area contributed by atoms with Gasteiger partial charge in [0.05, 0.1) is 34.2 Å². The van der Waals surface area contributed by atoms with Crippen LogP contribution in [-0.2, 0) is 4.79 Å². The van der Waals surface area contributed by atoms with Crippen LogP contribution in [0.1, 0.15) is 41.0 Å². The van der Waals surface area contributed by atoms with E-state index in [1.165, 1.54) is 16.2 Å². The van der Waals surface area contributed by atoms with Crippen LogP contribution in [0.2, 0.25) is 0 Å².